The van der Waals surface area contributed by atoms with E-state index in [1.165, 1.54) is 12.5 Å². The minimum Gasteiger partial charge on any atom is -0.481 e. The fraction of sp³-hybridized carbons (Fsp3) is 0.600. The van der Waals surface area contributed by atoms with E-state index in [0.29, 0.717) is 12.6 Å². The van der Waals surface area contributed by atoms with Gasteiger partial charge in [0.25, 0.3) is 0 Å². The maximum atomic E-state index is 11.3. The molecule has 2 aliphatic heterocycles. The van der Waals surface area contributed by atoms with Gasteiger partial charge in [0.15, 0.2) is 0 Å². The molecule has 0 unspecified atom stereocenters. The summed E-state index contributed by atoms with van der Waals surface area (Å²) < 4.78 is 0. The van der Waals surface area contributed by atoms with Crippen LogP contribution in [0.1, 0.15) is 38.2 Å². The molecule has 1 aromatic rings. The summed E-state index contributed by atoms with van der Waals surface area (Å²) in [6, 6.07) is 8.56. The molecule has 6 nitrogen and oxygen atoms in total. The molecule has 0 bridgehead atoms. The van der Waals surface area contributed by atoms with Crippen molar-refractivity contribution >= 4 is 17.6 Å². The van der Waals surface area contributed by atoms with E-state index in [2.05, 4.69) is 27.2 Å². The van der Waals surface area contributed by atoms with E-state index in [9.17, 15) is 14.7 Å². The van der Waals surface area contributed by atoms with Crippen molar-refractivity contribution in [1.82, 2.24) is 9.80 Å². The highest BCUT2D eigenvalue weighted by molar-refractivity contribution is 5.88. The number of carbonyl (C=O) groups excluding carboxylic acids is 1. The average Bonchev–Trinajstić information content (AvgIpc) is 2.64. The van der Waals surface area contributed by atoms with Gasteiger partial charge in [-0.1, -0.05) is 12.1 Å². The van der Waals surface area contributed by atoms with E-state index in [-0.39, 0.29) is 11.8 Å². The van der Waals surface area contributed by atoms with Crippen LogP contribution in [-0.2, 0) is 16.1 Å². The van der Waals surface area contributed by atoms with Crippen LogP contribution < -0.4 is 5.32 Å². The standard InChI is InChI=1S/C20H29N3O3/c1-15(24)21-18-6-4-16(5-7-18)13-22-11-8-19(9-12-22)23-10-2-3-17(14-23)20(25)26/h4-7,17,19H,2-3,8-14H2,1H3,(H,21,24)(H,25,26)/t17-/m0/s1. The zero-order valence-corrected chi connectivity index (χ0v) is 15.5. The number of carboxylic acid groups (broad SMARTS) is 1. The summed E-state index contributed by atoms with van der Waals surface area (Å²) in [6.07, 6.45) is 4.03. The maximum Gasteiger partial charge on any atom is 0.307 e. The van der Waals surface area contributed by atoms with E-state index in [4.69, 9.17) is 0 Å². The minimum atomic E-state index is -0.644. The van der Waals surface area contributed by atoms with Gasteiger partial charge in [-0.2, -0.15) is 0 Å². The Hall–Kier alpha value is -1.92. The molecule has 3 rings (SSSR count). The Bertz CT molecular complexity index is 624. The number of nitrogens with one attached hydrogen (secondary N) is 1. The van der Waals surface area contributed by atoms with Gasteiger partial charge in [-0.3, -0.25) is 19.4 Å². The third kappa shape index (κ3) is 5.05. The number of amides is 1. The lowest BCUT2D eigenvalue weighted by atomic mass is 9.94. The smallest absolute Gasteiger partial charge is 0.307 e. The molecule has 2 fully saturated rings. The highest BCUT2D eigenvalue weighted by Crippen LogP contribution is 2.25. The van der Waals surface area contributed by atoms with Gasteiger partial charge in [-0.05, 0) is 63.0 Å². The number of nitrogens with zero attached hydrogens (tertiary/aromatic N) is 2. The lowest BCUT2D eigenvalue weighted by Gasteiger charge is -2.41. The Labute approximate surface area is 155 Å². The van der Waals surface area contributed by atoms with E-state index >= 15 is 0 Å². The van der Waals surface area contributed by atoms with Crippen LogP contribution in [0.15, 0.2) is 24.3 Å². The Morgan fingerprint density at radius 1 is 1.12 bits per heavy atom. The Morgan fingerprint density at radius 2 is 1.81 bits per heavy atom. The molecule has 0 aromatic heterocycles. The molecule has 2 N–H and O–H groups in total. The predicted octanol–water partition coefficient (Wildman–Crippen LogP) is 2.41. The number of carboxylic acids is 1. The number of aliphatic carboxylic acids is 1. The second-order valence-electron chi connectivity index (χ2n) is 7.56. The number of rotatable bonds is 5. The molecule has 1 amide bonds. The van der Waals surface area contributed by atoms with Gasteiger partial charge in [-0.25, -0.2) is 0 Å². The predicted molar refractivity (Wildman–Crippen MR) is 101 cm³/mol. The lowest BCUT2D eigenvalue weighted by molar-refractivity contribution is -0.144. The highest BCUT2D eigenvalue weighted by Gasteiger charge is 2.31. The summed E-state index contributed by atoms with van der Waals surface area (Å²) in [4.78, 5) is 27.2. The molecular weight excluding hydrogens is 330 g/mol. The zero-order chi connectivity index (χ0) is 18.5. The summed E-state index contributed by atoms with van der Waals surface area (Å²) in [5.74, 6) is -0.888. The van der Waals surface area contributed by atoms with Crippen molar-refractivity contribution in [1.29, 1.82) is 0 Å². The highest BCUT2D eigenvalue weighted by atomic mass is 16.4. The molecule has 1 atom stereocenters. The monoisotopic (exact) mass is 359 g/mol. The van der Waals surface area contributed by atoms with Gasteiger partial charge in [-0.15, -0.1) is 0 Å². The van der Waals surface area contributed by atoms with Gasteiger partial charge in [0, 0.05) is 31.7 Å². The van der Waals surface area contributed by atoms with Crippen molar-refractivity contribution in [2.24, 2.45) is 5.92 Å². The molecule has 142 valence electrons. The summed E-state index contributed by atoms with van der Waals surface area (Å²) in [6.45, 7) is 6.28. The van der Waals surface area contributed by atoms with E-state index in [0.717, 1.165) is 57.5 Å². The molecule has 6 heteroatoms. The number of likely N-dealkylation sites (tertiary alicyclic amines) is 2. The Balaban J connectivity index is 1.46. The van der Waals surface area contributed by atoms with Crippen LogP contribution >= 0.6 is 0 Å². The molecule has 26 heavy (non-hydrogen) atoms. The summed E-state index contributed by atoms with van der Waals surface area (Å²) >= 11 is 0. The third-order valence-corrected chi connectivity index (χ3v) is 5.56. The third-order valence-electron chi connectivity index (χ3n) is 5.56. The van der Waals surface area contributed by atoms with E-state index in [1.54, 1.807) is 0 Å². The largest absolute Gasteiger partial charge is 0.481 e. The Morgan fingerprint density at radius 3 is 2.42 bits per heavy atom. The zero-order valence-electron chi connectivity index (χ0n) is 15.5. The summed E-state index contributed by atoms with van der Waals surface area (Å²) in [5.41, 5.74) is 2.08. The van der Waals surface area contributed by atoms with Gasteiger partial charge < -0.3 is 10.4 Å². The molecule has 0 aliphatic carbocycles. The molecule has 2 heterocycles. The molecular formula is C20H29N3O3. The first kappa shape index (κ1) is 18.9. The van der Waals surface area contributed by atoms with Gasteiger partial charge in [0.2, 0.25) is 5.91 Å². The average molecular weight is 359 g/mol. The first-order chi connectivity index (χ1) is 12.5. The molecule has 2 aliphatic rings. The summed E-state index contributed by atoms with van der Waals surface area (Å²) in [5, 5.41) is 12.1. The van der Waals surface area contributed by atoms with Crippen LogP contribution in [0.2, 0.25) is 0 Å². The van der Waals surface area contributed by atoms with Crippen LogP contribution in [0, 0.1) is 5.92 Å². The van der Waals surface area contributed by atoms with Crippen LogP contribution in [0.4, 0.5) is 5.69 Å². The van der Waals surface area contributed by atoms with Crippen molar-refractivity contribution in [3.8, 4) is 0 Å². The first-order valence-electron chi connectivity index (χ1n) is 9.57. The van der Waals surface area contributed by atoms with Gasteiger partial charge in [0.1, 0.15) is 0 Å². The van der Waals surface area contributed by atoms with Crippen LogP contribution in [0.5, 0.6) is 0 Å². The van der Waals surface area contributed by atoms with Crippen molar-refractivity contribution < 1.29 is 14.7 Å². The molecule has 1 aromatic carbocycles. The molecule has 0 saturated carbocycles. The van der Waals surface area contributed by atoms with Gasteiger partial charge >= 0.3 is 5.97 Å². The maximum absolute atomic E-state index is 11.3. The number of carbonyl (C=O) groups is 2. The van der Waals surface area contributed by atoms with E-state index < -0.39 is 5.97 Å². The van der Waals surface area contributed by atoms with E-state index in [1.807, 2.05) is 12.1 Å². The number of hydrogen-bond acceptors (Lipinski definition) is 4. The SMILES string of the molecule is CC(=O)Nc1ccc(CN2CCC(N3CCC[C@H](C(=O)O)C3)CC2)cc1. The lowest BCUT2D eigenvalue weighted by Crippen LogP contribution is -2.49. The van der Waals surface area contributed by atoms with Crippen LogP contribution in [-0.4, -0.2) is 59.0 Å². The van der Waals surface area contributed by atoms with Crippen molar-refractivity contribution in [2.45, 2.75) is 45.2 Å². The quantitative estimate of drug-likeness (QED) is 0.845. The number of hydrogen-bond donors (Lipinski definition) is 2. The first-order valence-corrected chi connectivity index (χ1v) is 9.57. The second kappa shape index (κ2) is 8.64. The number of piperidine rings is 2. The normalized spacial score (nSPS) is 22.9. The van der Waals surface area contributed by atoms with Crippen molar-refractivity contribution in [3.05, 3.63) is 29.8 Å². The number of benzene rings is 1. The van der Waals surface area contributed by atoms with Crippen molar-refractivity contribution in [3.63, 3.8) is 0 Å². The van der Waals surface area contributed by atoms with Crippen molar-refractivity contribution in [2.75, 3.05) is 31.5 Å². The number of anilines is 1. The van der Waals surface area contributed by atoms with Crippen LogP contribution in [0.25, 0.3) is 0 Å². The second-order valence-corrected chi connectivity index (χ2v) is 7.56. The van der Waals surface area contributed by atoms with Gasteiger partial charge in [0.05, 0.1) is 5.92 Å². The Kier molecular flexibility index (Phi) is 6.27. The molecule has 0 radical (unpaired) electrons. The fourth-order valence-corrected chi connectivity index (χ4v) is 4.14. The summed E-state index contributed by atoms with van der Waals surface area (Å²) in [7, 11) is 0. The molecule has 2 saturated heterocycles. The minimum absolute atomic E-state index is 0.0531. The fourth-order valence-electron chi connectivity index (χ4n) is 4.14. The topological polar surface area (TPSA) is 72.9 Å². The molecule has 0 spiro atoms. The van der Waals surface area contributed by atoms with Crippen LogP contribution in [0.3, 0.4) is 0 Å².